The van der Waals surface area contributed by atoms with Gasteiger partial charge in [0.1, 0.15) is 0 Å². The van der Waals surface area contributed by atoms with Crippen molar-refractivity contribution in [3.63, 3.8) is 0 Å². The average molecular weight is 369 g/mol. The third-order valence-corrected chi connectivity index (χ3v) is 6.13. The molecule has 0 unspecified atom stereocenters. The zero-order chi connectivity index (χ0) is 18.1. The van der Waals surface area contributed by atoms with Gasteiger partial charge < -0.3 is 4.90 Å². The van der Waals surface area contributed by atoms with Crippen LogP contribution in [0.2, 0.25) is 0 Å². The van der Waals surface area contributed by atoms with E-state index in [9.17, 15) is 0 Å². The van der Waals surface area contributed by atoms with Crippen molar-refractivity contribution in [1.29, 1.82) is 0 Å². The SMILES string of the molecule is c1ccc(C[C@@H]2CN3C(=N2)SC(c2ccccc2)=C3c2ccccc2)cc1. The Hall–Kier alpha value is -2.78. The molecule has 27 heavy (non-hydrogen) atoms. The second kappa shape index (κ2) is 7.09. The van der Waals surface area contributed by atoms with E-state index in [1.54, 1.807) is 0 Å². The molecule has 0 aliphatic carbocycles. The maximum atomic E-state index is 5.06. The van der Waals surface area contributed by atoms with Crippen LogP contribution in [0.5, 0.6) is 0 Å². The summed E-state index contributed by atoms with van der Waals surface area (Å²) >= 11 is 1.81. The third-order valence-electron chi connectivity index (χ3n) is 4.99. The zero-order valence-corrected chi connectivity index (χ0v) is 15.8. The fourth-order valence-corrected chi connectivity index (χ4v) is 4.99. The molecule has 0 radical (unpaired) electrons. The van der Waals surface area contributed by atoms with Crippen LogP contribution >= 0.6 is 11.8 Å². The van der Waals surface area contributed by atoms with E-state index in [2.05, 4.69) is 95.9 Å². The second-order valence-electron chi connectivity index (χ2n) is 6.88. The van der Waals surface area contributed by atoms with Gasteiger partial charge in [0.15, 0.2) is 5.17 Å². The molecule has 0 amide bonds. The van der Waals surface area contributed by atoms with Gasteiger partial charge in [-0.15, -0.1) is 0 Å². The molecule has 0 bridgehead atoms. The molecule has 2 nitrogen and oxygen atoms in total. The Balaban J connectivity index is 1.49. The standard InChI is InChI=1S/C24H20N2S/c1-4-10-18(11-5-1)16-21-17-26-22(19-12-6-2-7-13-19)23(27-24(26)25-21)20-14-8-3-9-15-20/h1-15,21H,16-17H2/t21-/m1/s1. The van der Waals surface area contributed by atoms with Gasteiger partial charge in [-0.25, -0.2) is 0 Å². The number of rotatable bonds is 4. The second-order valence-corrected chi connectivity index (χ2v) is 7.86. The molecule has 5 rings (SSSR count). The largest absolute Gasteiger partial charge is 0.317 e. The highest BCUT2D eigenvalue weighted by molar-refractivity contribution is 8.22. The first kappa shape index (κ1) is 16.4. The van der Waals surface area contributed by atoms with Crippen LogP contribution in [0, 0.1) is 0 Å². The highest BCUT2D eigenvalue weighted by Crippen LogP contribution is 2.47. The van der Waals surface area contributed by atoms with Gasteiger partial charge in [0.05, 0.1) is 11.7 Å². The number of aliphatic imine (C=N–C) groups is 1. The maximum absolute atomic E-state index is 5.06. The van der Waals surface area contributed by atoms with Crippen molar-refractivity contribution in [1.82, 2.24) is 4.90 Å². The molecular weight excluding hydrogens is 348 g/mol. The van der Waals surface area contributed by atoms with Crippen molar-refractivity contribution in [2.45, 2.75) is 12.5 Å². The Morgan fingerprint density at radius 1 is 0.778 bits per heavy atom. The molecule has 3 heteroatoms. The van der Waals surface area contributed by atoms with E-state index in [1.165, 1.54) is 27.3 Å². The highest BCUT2D eigenvalue weighted by Gasteiger charge is 2.37. The molecule has 0 N–H and O–H groups in total. The van der Waals surface area contributed by atoms with E-state index < -0.39 is 0 Å². The van der Waals surface area contributed by atoms with E-state index in [0.29, 0.717) is 6.04 Å². The molecule has 2 aliphatic rings. The lowest BCUT2D eigenvalue weighted by atomic mass is 10.0. The van der Waals surface area contributed by atoms with Crippen LogP contribution in [0.15, 0.2) is 96.0 Å². The number of nitrogens with zero attached hydrogens (tertiary/aromatic N) is 2. The van der Waals surface area contributed by atoms with Gasteiger partial charge in [-0.1, -0.05) is 91.0 Å². The number of thioether (sulfide) groups is 1. The quantitative estimate of drug-likeness (QED) is 0.601. The van der Waals surface area contributed by atoms with Crippen molar-refractivity contribution >= 4 is 27.5 Å². The minimum Gasteiger partial charge on any atom is -0.317 e. The van der Waals surface area contributed by atoms with Gasteiger partial charge in [-0.05, 0) is 34.9 Å². The van der Waals surface area contributed by atoms with Gasteiger partial charge in [-0.3, -0.25) is 4.99 Å². The van der Waals surface area contributed by atoms with Gasteiger partial charge in [0, 0.05) is 11.4 Å². The van der Waals surface area contributed by atoms with Crippen molar-refractivity contribution in [3.05, 3.63) is 108 Å². The first-order chi connectivity index (χ1) is 13.4. The van der Waals surface area contributed by atoms with E-state index in [-0.39, 0.29) is 0 Å². The molecule has 2 aliphatic heterocycles. The average Bonchev–Trinajstić information content (AvgIpc) is 3.27. The molecule has 0 saturated heterocycles. The topological polar surface area (TPSA) is 15.6 Å². The molecule has 1 atom stereocenters. The Bertz CT molecular complexity index is 994. The van der Waals surface area contributed by atoms with Gasteiger partial charge in [0.25, 0.3) is 0 Å². The van der Waals surface area contributed by atoms with Crippen LogP contribution in [0.3, 0.4) is 0 Å². The maximum Gasteiger partial charge on any atom is 0.169 e. The van der Waals surface area contributed by atoms with Gasteiger partial charge in [0.2, 0.25) is 0 Å². The zero-order valence-electron chi connectivity index (χ0n) is 15.0. The number of fused-ring (bicyclic) bond motifs is 1. The monoisotopic (exact) mass is 368 g/mol. The summed E-state index contributed by atoms with van der Waals surface area (Å²) in [4.78, 5) is 8.78. The fraction of sp³-hybridized carbons (Fsp3) is 0.125. The molecule has 0 fully saturated rings. The minimum atomic E-state index is 0.311. The number of hydrogen-bond donors (Lipinski definition) is 0. The lowest BCUT2D eigenvalue weighted by Crippen LogP contribution is -2.24. The molecule has 132 valence electrons. The molecule has 0 spiro atoms. The van der Waals surface area contributed by atoms with Crippen LogP contribution < -0.4 is 0 Å². The molecule has 0 aromatic heterocycles. The van der Waals surface area contributed by atoms with Crippen LogP contribution in [0.25, 0.3) is 10.6 Å². The van der Waals surface area contributed by atoms with E-state index in [4.69, 9.17) is 4.99 Å². The fourth-order valence-electron chi connectivity index (χ4n) is 3.75. The molecular formula is C24H20N2S. The predicted molar refractivity (Wildman–Crippen MR) is 115 cm³/mol. The number of benzene rings is 3. The Labute approximate surface area is 164 Å². The Kier molecular flexibility index (Phi) is 4.30. The predicted octanol–water partition coefficient (Wildman–Crippen LogP) is 5.54. The van der Waals surface area contributed by atoms with Crippen molar-refractivity contribution < 1.29 is 0 Å². The van der Waals surface area contributed by atoms with E-state index >= 15 is 0 Å². The lowest BCUT2D eigenvalue weighted by molar-refractivity contribution is 0.558. The highest BCUT2D eigenvalue weighted by atomic mass is 32.2. The summed E-state index contributed by atoms with van der Waals surface area (Å²) in [5.41, 5.74) is 5.17. The molecule has 2 heterocycles. The summed E-state index contributed by atoms with van der Waals surface area (Å²) in [6.45, 7) is 0.942. The van der Waals surface area contributed by atoms with Crippen molar-refractivity contribution in [2.75, 3.05) is 6.54 Å². The first-order valence-corrected chi connectivity index (χ1v) is 10.1. The Morgan fingerprint density at radius 2 is 1.37 bits per heavy atom. The van der Waals surface area contributed by atoms with E-state index in [1.807, 2.05) is 11.8 Å². The van der Waals surface area contributed by atoms with Crippen molar-refractivity contribution in [3.8, 4) is 0 Å². The number of amidine groups is 1. The minimum absolute atomic E-state index is 0.311. The van der Waals surface area contributed by atoms with Gasteiger partial charge in [-0.2, -0.15) is 0 Å². The van der Waals surface area contributed by atoms with Crippen LogP contribution in [-0.4, -0.2) is 22.7 Å². The van der Waals surface area contributed by atoms with Crippen LogP contribution in [0.4, 0.5) is 0 Å². The summed E-state index contributed by atoms with van der Waals surface area (Å²) in [5, 5.41) is 1.13. The third kappa shape index (κ3) is 3.19. The molecule has 3 aromatic rings. The normalized spacial score (nSPS) is 18.6. The lowest BCUT2D eigenvalue weighted by Gasteiger charge is -2.19. The smallest absolute Gasteiger partial charge is 0.169 e. The van der Waals surface area contributed by atoms with Gasteiger partial charge >= 0.3 is 0 Å². The number of hydrogen-bond acceptors (Lipinski definition) is 3. The van der Waals surface area contributed by atoms with Crippen LogP contribution in [-0.2, 0) is 6.42 Å². The Morgan fingerprint density at radius 3 is 2.04 bits per heavy atom. The summed E-state index contributed by atoms with van der Waals surface area (Å²) in [7, 11) is 0. The van der Waals surface area contributed by atoms with E-state index in [0.717, 1.165) is 18.1 Å². The summed E-state index contributed by atoms with van der Waals surface area (Å²) < 4.78 is 0. The summed E-state index contributed by atoms with van der Waals surface area (Å²) in [6.07, 6.45) is 0.990. The van der Waals surface area contributed by atoms with Crippen molar-refractivity contribution in [2.24, 2.45) is 4.99 Å². The molecule has 3 aromatic carbocycles. The summed E-state index contributed by atoms with van der Waals surface area (Å²) in [6, 6.07) is 32.3. The summed E-state index contributed by atoms with van der Waals surface area (Å²) in [5.74, 6) is 0. The molecule has 0 saturated carbocycles. The van der Waals surface area contributed by atoms with Crippen LogP contribution in [0.1, 0.15) is 16.7 Å². The first-order valence-electron chi connectivity index (χ1n) is 9.31.